The first-order valence-electron chi connectivity index (χ1n) is 3.63. The molecule has 1 aromatic heterocycles. The Morgan fingerprint density at radius 3 is 3.00 bits per heavy atom. The van der Waals surface area contributed by atoms with Crippen LogP contribution >= 0.6 is 11.3 Å². The molecule has 0 unspecified atom stereocenters. The molecule has 4 heteroatoms. The van der Waals surface area contributed by atoms with E-state index in [4.69, 9.17) is 5.84 Å². The molecular formula is C8H9N3S. The van der Waals surface area contributed by atoms with E-state index in [9.17, 15) is 0 Å². The van der Waals surface area contributed by atoms with E-state index < -0.39 is 0 Å². The number of rotatable bonds is 0. The fraction of sp³-hybridized carbons (Fsp3) is 0.125. The molecule has 0 aliphatic rings. The van der Waals surface area contributed by atoms with E-state index in [2.05, 4.69) is 29.1 Å². The molecule has 0 spiro atoms. The first-order valence-corrected chi connectivity index (χ1v) is 4.45. The van der Waals surface area contributed by atoms with Gasteiger partial charge in [0.25, 0.3) is 0 Å². The van der Waals surface area contributed by atoms with Crippen molar-refractivity contribution in [3.63, 3.8) is 0 Å². The molecule has 62 valence electrons. The van der Waals surface area contributed by atoms with Gasteiger partial charge in [-0.2, -0.15) is 5.10 Å². The van der Waals surface area contributed by atoms with Crippen molar-refractivity contribution in [2.24, 2.45) is 10.9 Å². The number of hydrogen-bond acceptors (Lipinski definition) is 3. The van der Waals surface area contributed by atoms with E-state index in [1.807, 2.05) is 6.07 Å². The molecule has 1 heterocycles. The van der Waals surface area contributed by atoms with Crippen molar-refractivity contribution in [3.05, 3.63) is 28.6 Å². The second-order valence-electron chi connectivity index (χ2n) is 2.61. The molecule has 0 aliphatic heterocycles. The monoisotopic (exact) mass is 179 g/mol. The molecule has 2 aromatic rings. The number of aromatic amines is 1. The molecule has 0 bridgehead atoms. The quantitative estimate of drug-likeness (QED) is 0.465. The average Bonchev–Trinajstić information content (AvgIpc) is 2.49. The molecule has 1 aromatic carbocycles. The van der Waals surface area contributed by atoms with Gasteiger partial charge >= 0.3 is 0 Å². The maximum absolute atomic E-state index is 5.17. The van der Waals surface area contributed by atoms with Gasteiger partial charge in [-0.3, -0.25) is 0 Å². The topological polar surface area (TPSA) is 54.2 Å². The molecule has 0 atom stereocenters. The lowest BCUT2D eigenvalue weighted by molar-refractivity contribution is 1.11. The highest BCUT2D eigenvalue weighted by Gasteiger charge is 1.98. The standard InChI is InChI=1S/C8H9N3S/c1-5-3-2-4-6-7(5)10-8(11-9)12-6/h2-4H,9H2,1H3,(H,10,11). The van der Waals surface area contributed by atoms with Crippen LogP contribution in [0.5, 0.6) is 0 Å². The molecule has 0 radical (unpaired) electrons. The summed E-state index contributed by atoms with van der Waals surface area (Å²) in [5, 5.41) is 3.61. The van der Waals surface area contributed by atoms with E-state index in [1.54, 1.807) is 11.3 Å². The average molecular weight is 179 g/mol. The first-order chi connectivity index (χ1) is 5.81. The number of benzene rings is 1. The number of para-hydroxylation sites is 1. The van der Waals surface area contributed by atoms with Crippen LogP contribution in [0.2, 0.25) is 0 Å². The van der Waals surface area contributed by atoms with Crippen LogP contribution in [-0.2, 0) is 0 Å². The highest BCUT2D eigenvalue weighted by Crippen LogP contribution is 2.16. The number of thiazole rings is 1. The summed E-state index contributed by atoms with van der Waals surface area (Å²) in [6.07, 6.45) is 0. The summed E-state index contributed by atoms with van der Waals surface area (Å²) in [5.74, 6) is 5.17. The van der Waals surface area contributed by atoms with E-state index >= 15 is 0 Å². The molecule has 3 N–H and O–H groups in total. The minimum Gasteiger partial charge on any atom is -0.329 e. The number of hydrogen-bond donors (Lipinski definition) is 2. The van der Waals surface area contributed by atoms with Crippen molar-refractivity contribution in [3.8, 4) is 0 Å². The zero-order chi connectivity index (χ0) is 8.55. The summed E-state index contributed by atoms with van der Waals surface area (Å²) in [7, 11) is 0. The second-order valence-corrected chi connectivity index (χ2v) is 3.64. The molecule has 0 saturated heterocycles. The number of nitrogens with one attached hydrogen (secondary N) is 1. The Hall–Kier alpha value is -1.29. The van der Waals surface area contributed by atoms with Gasteiger partial charge in [0, 0.05) is 0 Å². The number of aromatic nitrogens is 1. The molecule has 0 amide bonds. The van der Waals surface area contributed by atoms with E-state index in [0.29, 0.717) is 0 Å². The van der Waals surface area contributed by atoms with Gasteiger partial charge in [0.2, 0.25) is 4.80 Å². The summed E-state index contributed by atoms with van der Waals surface area (Å²) < 4.78 is 1.19. The highest BCUT2D eigenvalue weighted by atomic mass is 32.1. The summed E-state index contributed by atoms with van der Waals surface area (Å²) in [6.45, 7) is 2.06. The Morgan fingerprint density at radius 1 is 1.50 bits per heavy atom. The number of nitrogens with zero attached hydrogens (tertiary/aromatic N) is 1. The Labute approximate surface area is 73.5 Å². The van der Waals surface area contributed by atoms with Crippen molar-refractivity contribution in [1.82, 2.24) is 4.98 Å². The normalized spacial score (nSPS) is 12.6. The third-order valence-corrected chi connectivity index (χ3v) is 2.75. The summed E-state index contributed by atoms with van der Waals surface area (Å²) in [4.78, 5) is 3.90. The summed E-state index contributed by atoms with van der Waals surface area (Å²) in [6, 6.07) is 6.15. The third-order valence-electron chi connectivity index (χ3n) is 1.79. The number of nitrogens with two attached hydrogens (primary N) is 1. The number of aryl methyl sites for hydroxylation is 1. The van der Waals surface area contributed by atoms with Crippen molar-refractivity contribution in [1.29, 1.82) is 0 Å². The van der Waals surface area contributed by atoms with Crippen LogP contribution in [0, 0.1) is 6.92 Å². The predicted molar refractivity (Wildman–Crippen MR) is 50.7 cm³/mol. The van der Waals surface area contributed by atoms with Gasteiger partial charge in [0.1, 0.15) is 0 Å². The van der Waals surface area contributed by atoms with Gasteiger partial charge in [-0.1, -0.05) is 23.5 Å². The maximum Gasteiger partial charge on any atom is 0.205 e. The van der Waals surface area contributed by atoms with Crippen LogP contribution in [0.15, 0.2) is 23.3 Å². The molecule has 12 heavy (non-hydrogen) atoms. The van der Waals surface area contributed by atoms with Crippen LogP contribution in [0.1, 0.15) is 5.56 Å². The summed E-state index contributed by atoms with van der Waals surface area (Å²) in [5.41, 5.74) is 2.35. The fourth-order valence-corrected chi connectivity index (χ4v) is 2.06. The van der Waals surface area contributed by atoms with E-state index in [1.165, 1.54) is 10.3 Å². The minimum atomic E-state index is 0.763. The SMILES string of the molecule is Cc1cccc2s/c(=N\N)[nH]c12. The van der Waals surface area contributed by atoms with Crippen LogP contribution in [0.25, 0.3) is 10.2 Å². The molecule has 3 nitrogen and oxygen atoms in total. The highest BCUT2D eigenvalue weighted by molar-refractivity contribution is 7.16. The van der Waals surface area contributed by atoms with Gasteiger partial charge < -0.3 is 10.8 Å². The van der Waals surface area contributed by atoms with Crippen LogP contribution in [-0.4, -0.2) is 4.98 Å². The number of fused-ring (bicyclic) bond motifs is 1. The predicted octanol–water partition coefficient (Wildman–Crippen LogP) is 1.31. The summed E-state index contributed by atoms with van der Waals surface area (Å²) >= 11 is 1.56. The lowest BCUT2D eigenvalue weighted by Crippen LogP contribution is -2.01. The van der Waals surface area contributed by atoms with Gasteiger partial charge in [-0.15, -0.1) is 0 Å². The van der Waals surface area contributed by atoms with Crippen molar-refractivity contribution >= 4 is 21.6 Å². The number of H-pyrrole nitrogens is 1. The van der Waals surface area contributed by atoms with Crippen LogP contribution in [0.3, 0.4) is 0 Å². The zero-order valence-corrected chi connectivity index (χ0v) is 7.48. The van der Waals surface area contributed by atoms with Gasteiger partial charge in [-0.05, 0) is 18.6 Å². The van der Waals surface area contributed by atoms with Crippen molar-refractivity contribution < 1.29 is 0 Å². The maximum atomic E-state index is 5.17. The van der Waals surface area contributed by atoms with Gasteiger partial charge in [-0.25, -0.2) is 0 Å². The lowest BCUT2D eigenvalue weighted by atomic mass is 10.2. The molecule has 0 saturated carbocycles. The largest absolute Gasteiger partial charge is 0.329 e. The lowest BCUT2D eigenvalue weighted by Gasteiger charge is -1.91. The second kappa shape index (κ2) is 2.64. The van der Waals surface area contributed by atoms with Crippen molar-refractivity contribution in [2.45, 2.75) is 6.92 Å². The molecule has 2 rings (SSSR count). The third kappa shape index (κ3) is 1.00. The first kappa shape index (κ1) is 7.36. The van der Waals surface area contributed by atoms with Crippen LogP contribution in [0.4, 0.5) is 0 Å². The minimum absolute atomic E-state index is 0.763. The molecule has 0 aliphatic carbocycles. The Bertz CT molecular complexity index is 466. The Balaban J connectivity index is 2.92. The Morgan fingerprint density at radius 2 is 2.33 bits per heavy atom. The van der Waals surface area contributed by atoms with E-state index in [-0.39, 0.29) is 0 Å². The smallest absolute Gasteiger partial charge is 0.205 e. The fourth-order valence-electron chi connectivity index (χ4n) is 1.18. The molecular weight excluding hydrogens is 170 g/mol. The van der Waals surface area contributed by atoms with Crippen LogP contribution < -0.4 is 10.6 Å². The van der Waals surface area contributed by atoms with Gasteiger partial charge in [0.15, 0.2) is 0 Å². The Kier molecular flexibility index (Phi) is 1.62. The van der Waals surface area contributed by atoms with E-state index in [0.717, 1.165) is 10.3 Å². The molecule has 0 fully saturated rings. The zero-order valence-electron chi connectivity index (χ0n) is 6.66. The van der Waals surface area contributed by atoms with Crippen molar-refractivity contribution in [2.75, 3.05) is 0 Å². The van der Waals surface area contributed by atoms with Gasteiger partial charge in [0.05, 0.1) is 10.2 Å².